The molecule has 0 saturated carbocycles. The Kier molecular flexibility index (Phi) is 6.67. The Labute approximate surface area is 148 Å². The highest BCUT2D eigenvalue weighted by Crippen LogP contribution is 2.48. The van der Waals surface area contributed by atoms with Gasteiger partial charge in [0.1, 0.15) is 23.0 Å². The van der Waals surface area contributed by atoms with Gasteiger partial charge in [-0.3, -0.25) is 0 Å². The van der Waals surface area contributed by atoms with Crippen molar-refractivity contribution in [2.24, 2.45) is 0 Å². The van der Waals surface area contributed by atoms with Crippen LogP contribution in [0.3, 0.4) is 0 Å². The van der Waals surface area contributed by atoms with E-state index in [0.717, 1.165) is 34.1 Å². The molecular formula is C19H24O4S. The van der Waals surface area contributed by atoms with Gasteiger partial charge < -0.3 is 18.9 Å². The molecule has 2 aromatic carbocycles. The van der Waals surface area contributed by atoms with Gasteiger partial charge in [-0.05, 0) is 11.8 Å². The maximum Gasteiger partial charge on any atom is 0.130 e. The summed E-state index contributed by atoms with van der Waals surface area (Å²) in [5.41, 5.74) is 2.07. The lowest BCUT2D eigenvalue weighted by Gasteiger charge is -2.24. The molecule has 0 amide bonds. The lowest BCUT2D eigenvalue weighted by molar-refractivity contribution is 0.368. The highest BCUT2D eigenvalue weighted by molar-refractivity contribution is 7.99. The lowest BCUT2D eigenvalue weighted by atomic mass is 10.0. The van der Waals surface area contributed by atoms with Gasteiger partial charge in [-0.15, -0.1) is 11.8 Å². The zero-order valence-electron chi connectivity index (χ0n) is 14.8. The normalized spacial score (nSPS) is 11.7. The van der Waals surface area contributed by atoms with Crippen molar-refractivity contribution in [3.63, 3.8) is 0 Å². The molecular weight excluding hydrogens is 324 g/mol. The van der Waals surface area contributed by atoms with Crippen LogP contribution in [-0.4, -0.2) is 34.2 Å². The standard InChI is InChI=1S/C19H24O4S/c1-6-24-19(14-9-7-8-10-15(14)21-3)18-16(22-4)11-13(20-2)12-17(18)23-5/h7-12,19H,6H2,1-5H3. The van der Waals surface area contributed by atoms with Gasteiger partial charge >= 0.3 is 0 Å². The summed E-state index contributed by atoms with van der Waals surface area (Å²) in [6.45, 7) is 2.13. The maximum atomic E-state index is 5.64. The van der Waals surface area contributed by atoms with Crippen LogP contribution in [-0.2, 0) is 0 Å². The molecule has 1 unspecified atom stereocenters. The Morgan fingerprint density at radius 3 is 1.92 bits per heavy atom. The van der Waals surface area contributed by atoms with Crippen molar-refractivity contribution in [3.8, 4) is 23.0 Å². The molecule has 0 aliphatic heterocycles. The second kappa shape index (κ2) is 8.73. The first-order chi connectivity index (χ1) is 11.7. The second-order valence-electron chi connectivity index (χ2n) is 5.02. The van der Waals surface area contributed by atoms with E-state index in [4.69, 9.17) is 18.9 Å². The highest BCUT2D eigenvalue weighted by atomic mass is 32.2. The minimum Gasteiger partial charge on any atom is -0.496 e. The highest BCUT2D eigenvalue weighted by Gasteiger charge is 2.26. The Morgan fingerprint density at radius 2 is 1.42 bits per heavy atom. The molecule has 2 rings (SSSR count). The molecule has 130 valence electrons. The molecule has 0 saturated heterocycles. The molecule has 0 bridgehead atoms. The summed E-state index contributed by atoms with van der Waals surface area (Å²) < 4.78 is 22.2. The van der Waals surface area contributed by atoms with E-state index in [2.05, 4.69) is 13.0 Å². The molecule has 0 aromatic heterocycles. The van der Waals surface area contributed by atoms with Gasteiger partial charge in [0.25, 0.3) is 0 Å². The predicted octanol–water partition coefficient (Wildman–Crippen LogP) is 4.56. The van der Waals surface area contributed by atoms with Crippen molar-refractivity contribution in [2.45, 2.75) is 12.2 Å². The van der Waals surface area contributed by atoms with Gasteiger partial charge in [-0.2, -0.15) is 0 Å². The largest absolute Gasteiger partial charge is 0.496 e. The Balaban J connectivity index is 2.67. The van der Waals surface area contributed by atoms with Gasteiger partial charge in [-0.1, -0.05) is 25.1 Å². The number of rotatable bonds is 8. The monoisotopic (exact) mass is 348 g/mol. The van der Waals surface area contributed by atoms with Crippen LogP contribution in [0.15, 0.2) is 36.4 Å². The van der Waals surface area contributed by atoms with Crippen molar-refractivity contribution >= 4 is 11.8 Å². The molecule has 0 heterocycles. The van der Waals surface area contributed by atoms with Crippen LogP contribution in [0, 0.1) is 0 Å². The van der Waals surface area contributed by atoms with E-state index in [1.54, 1.807) is 40.2 Å². The number of ether oxygens (including phenoxy) is 4. The minimum atomic E-state index is 0.0296. The quantitative estimate of drug-likeness (QED) is 0.699. The molecule has 24 heavy (non-hydrogen) atoms. The fourth-order valence-corrected chi connectivity index (χ4v) is 3.78. The van der Waals surface area contributed by atoms with E-state index in [0.29, 0.717) is 5.75 Å². The lowest BCUT2D eigenvalue weighted by Crippen LogP contribution is -2.06. The zero-order valence-corrected chi connectivity index (χ0v) is 15.6. The fourth-order valence-electron chi connectivity index (χ4n) is 2.67. The number of para-hydroxylation sites is 1. The predicted molar refractivity (Wildman–Crippen MR) is 99.1 cm³/mol. The summed E-state index contributed by atoms with van der Waals surface area (Å²) in [7, 11) is 6.64. The summed E-state index contributed by atoms with van der Waals surface area (Å²) in [6, 6.07) is 11.8. The van der Waals surface area contributed by atoms with E-state index in [-0.39, 0.29) is 5.25 Å². The molecule has 0 spiro atoms. The number of methoxy groups -OCH3 is 4. The van der Waals surface area contributed by atoms with E-state index in [1.807, 2.05) is 30.3 Å². The number of hydrogen-bond acceptors (Lipinski definition) is 5. The van der Waals surface area contributed by atoms with Gasteiger partial charge in [0, 0.05) is 17.7 Å². The van der Waals surface area contributed by atoms with Gasteiger partial charge in [0.05, 0.1) is 39.3 Å². The van der Waals surface area contributed by atoms with E-state index in [9.17, 15) is 0 Å². The first kappa shape index (κ1) is 18.3. The van der Waals surface area contributed by atoms with Crippen molar-refractivity contribution in [1.29, 1.82) is 0 Å². The van der Waals surface area contributed by atoms with E-state index >= 15 is 0 Å². The molecule has 1 atom stereocenters. The van der Waals surface area contributed by atoms with Crippen molar-refractivity contribution < 1.29 is 18.9 Å². The van der Waals surface area contributed by atoms with E-state index in [1.165, 1.54) is 0 Å². The summed E-state index contributed by atoms with van der Waals surface area (Å²) in [5, 5.41) is 0.0296. The number of thioether (sulfide) groups is 1. The van der Waals surface area contributed by atoms with Crippen LogP contribution in [0.1, 0.15) is 23.3 Å². The first-order valence-corrected chi connectivity index (χ1v) is 8.79. The topological polar surface area (TPSA) is 36.9 Å². The van der Waals surface area contributed by atoms with Crippen molar-refractivity contribution in [1.82, 2.24) is 0 Å². The van der Waals surface area contributed by atoms with Gasteiger partial charge in [-0.25, -0.2) is 0 Å². The average Bonchev–Trinajstić information content (AvgIpc) is 2.65. The molecule has 2 aromatic rings. The molecule has 0 radical (unpaired) electrons. The van der Waals surface area contributed by atoms with Gasteiger partial charge in [0.15, 0.2) is 0 Å². The molecule has 0 aliphatic carbocycles. The molecule has 4 nitrogen and oxygen atoms in total. The van der Waals surface area contributed by atoms with Crippen LogP contribution < -0.4 is 18.9 Å². The van der Waals surface area contributed by atoms with Crippen LogP contribution in [0.4, 0.5) is 0 Å². The average molecular weight is 348 g/mol. The third kappa shape index (κ3) is 3.73. The third-order valence-electron chi connectivity index (χ3n) is 3.77. The Morgan fingerprint density at radius 1 is 0.833 bits per heavy atom. The van der Waals surface area contributed by atoms with Crippen molar-refractivity contribution in [2.75, 3.05) is 34.2 Å². The van der Waals surface area contributed by atoms with Crippen LogP contribution in [0.5, 0.6) is 23.0 Å². The smallest absolute Gasteiger partial charge is 0.130 e. The summed E-state index contributed by atoms with van der Waals surface area (Å²) in [4.78, 5) is 0. The van der Waals surface area contributed by atoms with Crippen LogP contribution >= 0.6 is 11.8 Å². The van der Waals surface area contributed by atoms with Crippen molar-refractivity contribution in [3.05, 3.63) is 47.5 Å². The zero-order chi connectivity index (χ0) is 17.5. The second-order valence-corrected chi connectivity index (χ2v) is 6.41. The molecule has 0 aliphatic rings. The Hall–Kier alpha value is -2.01. The van der Waals surface area contributed by atoms with Crippen LogP contribution in [0.25, 0.3) is 0 Å². The molecule has 5 heteroatoms. The molecule has 0 N–H and O–H groups in total. The molecule has 0 fully saturated rings. The number of benzene rings is 2. The first-order valence-electron chi connectivity index (χ1n) is 7.74. The fraction of sp³-hybridized carbons (Fsp3) is 0.368. The summed E-state index contributed by atoms with van der Waals surface area (Å²) in [5.74, 6) is 3.98. The maximum absolute atomic E-state index is 5.64. The van der Waals surface area contributed by atoms with E-state index < -0.39 is 0 Å². The third-order valence-corrected chi connectivity index (χ3v) is 4.93. The minimum absolute atomic E-state index is 0.0296. The van der Waals surface area contributed by atoms with Gasteiger partial charge in [0.2, 0.25) is 0 Å². The van der Waals surface area contributed by atoms with Crippen LogP contribution in [0.2, 0.25) is 0 Å². The Bertz CT molecular complexity index is 647. The summed E-state index contributed by atoms with van der Waals surface area (Å²) >= 11 is 1.80. The number of hydrogen-bond donors (Lipinski definition) is 0. The summed E-state index contributed by atoms with van der Waals surface area (Å²) in [6.07, 6.45) is 0. The SMILES string of the molecule is CCSC(c1ccccc1OC)c1c(OC)cc(OC)cc1OC.